The number of nitrogens with one attached hydrogen (secondary N) is 2. The van der Waals surface area contributed by atoms with Gasteiger partial charge in [-0.2, -0.15) is 0 Å². The van der Waals surface area contributed by atoms with Crippen molar-refractivity contribution >= 4 is 23.8 Å². The van der Waals surface area contributed by atoms with E-state index in [1.54, 1.807) is 0 Å². The van der Waals surface area contributed by atoms with E-state index in [0.29, 0.717) is 0 Å². The number of halogens is 1. The molecule has 0 unspecified atom stereocenters. The van der Waals surface area contributed by atoms with Crippen LogP contribution in [0.3, 0.4) is 0 Å². The van der Waals surface area contributed by atoms with E-state index in [9.17, 15) is 0 Å². The van der Waals surface area contributed by atoms with Gasteiger partial charge in [0, 0.05) is 5.02 Å². The quantitative estimate of drug-likeness (QED) is 0.529. The molecule has 0 radical (unpaired) electrons. The molecule has 1 rings (SSSR count). The van der Waals surface area contributed by atoms with Crippen molar-refractivity contribution in [1.82, 2.24) is 0 Å². The van der Waals surface area contributed by atoms with Crippen molar-refractivity contribution in [1.29, 1.82) is 10.8 Å². The molecule has 84 valence electrons. The summed E-state index contributed by atoms with van der Waals surface area (Å²) in [5, 5.41) is 11.6. The Morgan fingerprint density at radius 2 is 1.20 bits per heavy atom. The molecule has 2 N–H and O–H groups in total. The maximum Gasteiger partial charge on any atom is 0.231 e. The van der Waals surface area contributed by atoms with Crippen LogP contribution in [-0.2, 0) is 9.59 Å². The van der Waals surface area contributed by atoms with Gasteiger partial charge in [-0.3, -0.25) is 0 Å². The first kappa shape index (κ1) is 23.2. The second kappa shape index (κ2) is 22.8. The van der Waals surface area contributed by atoms with Crippen LogP contribution in [0.15, 0.2) is 30.3 Å². The third kappa shape index (κ3) is 32.9. The molecule has 0 aromatic heterocycles. The number of isocyanates is 2. The van der Waals surface area contributed by atoms with Crippen LogP contribution in [0.25, 0.3) is 0 Å². The Bertz CT molecular complexity index is 265. The van der Waals surface area contributed by atoms with E-state index in [1.165, 1.54) is 0 Å². The van der Waals surface area contributed by atoms with Crippen LogP contribution in [0.1, 0.15) is 14.9 Å². The van der Waals surface area contributed by atoms with Crippen LogP contribution >= 0.6 is 11.6 Å². The van der Waals surface area contributed by atoms with Gasteiger partial charge in [0.15, 0.2) is 0 Å². The van der Waals surface area contributed by atoms with E-state index in [1.807, 2.05) is 30.3 Å². The molecular weight excluding hydrogens is 216 g/mol. The zero-order valence-electron chi connectivity index (χ0n) is 6.58. The number of hydrogen-bond donors (Lipinski definition) is 2. The monoisotopic (exact) mass is 230 g/mol. The fourth-order valence-electron chi connectivity index (χ4n) is 0.415. The van der Waals surface area contributed by atoms with Crippen LogP contribution in [0.4, 0.5) is 0 Å². The van der Waals surface area contributed by atoms with Crippen LogP contribution in [-0.4, -0.2) is 12.2 Å². The highest BCUT2D eigenvalue weighted by Crippen LogP contribution is 2.03. The molecule has 4 nitrogen and oxygen atoms in total. The molecular formula is C10H15ClN2O2. The Morgan fingerprint density at radius 3 is 1.33 bits per heavy atom. The molecule has 1 aromatic carbocycles. The van der Waals surface area contributed by atoms with Crippen LogP contribution in [0.5, 0.6) is 0 Å². The summed E-state index contributed by atoms with van der Waals surface area (Å²) >= 11 is 5.54. The van der Waals surface area contributed by atoms with Gasteiger partial charge in [0.1, 0.15) is 0 Å². The predicted octanol–water partition coefficient (Wildman–Crippen LogP) is 3.41. The largest absolute Gasteiger partial charge is 0.231 e. The van der Waals surface area contributed by atoms with Crippen LogP contribution in [0.2, 0.25) is 5.02 Å². The molecule has 5 heteroatoms. The molecule has 15 heavy (non-hydrogen) atoms. The molecule has 0 atom stereocenters. The van der Waals surface area contributed by atoms with Gasteiger partial charge in [-0.15, -0.1) is 0 Å². The van der Waals surface area contributed by atoms with Gasteiger partial charge in [0.05, 0.1) is 0 Å². The van der Waals surface area contributed by atoms with Crippen molar-refractivity contribution in [2.45, 2.75) is 14.9 Å². The minimum absolute atomic E-state index is 0. The summed E-state index contributed by atoms with van der Waals surface area (Å²) in [5.74, 6) is 0. The maximum absolute atomic E-state index is 8.35. The molecule has 0 amide bonds. The van der Waals surface area contributed by atoms with Crippen LogP contribution in [0, 0.1) is 10.8 Å². The smallest absolute Gasteiger partial charge is 0.222 e. The van der Waals surface area contributed by atoms with Crippen molar-refractivity contribution in [3.8, 4) is 0 Å². The Kier molecular flexibility index (Phi) is 35.3. The van der Waals surface area contributed by atoms with E-state index in [-0.39, 0.29) is 14.9 Å². The fourth-order valence-corrected chi connectivity index (χ4v) is 0.560. The van der Waals surface area contributed by atoms with Crippen molar-refractivity contribution in [3.05, 3.63) is 35.4 Å². The first-order valence-corrected chi connectivity index (χ1v) is 3.39. The van der Waals surface area contributed by atoms with E-state index >= 15 is 0 Å². The van der Waals surface area contributed by atoms with Gasteiger partial charge in [0.25, 0.3) is 0 Å². The molecule has 0 saturated carbocycles. The molecule has 0 aliphatic heterocycles. The predicted molar refractivity (Wildman–Crippen MR) is 61.7 cm³/mol. The highest BCUT2D eigenvalue weighted by molar-refractivity contribution is 6.30. The average Bonchev–Trinajstić information content (AvgIpc) is 2.08. The molecule has 0 heterocycles. The van der Waals surface area contributed by atoms with Gasteiger partial charge in [-0.05, 0) is 12.1 Å². The summed E-state index contributed by atoms with van der Waals surface area (Å²) in [7, 11) is 0. The lowest BCUT2D eigenvalue weighted by Gasteiger charge is -1.80. The number of hydrogen-bond acceptors (Lipinski definition) is 4. The Hall–Kier alpha value is -1.73. The summed E-state index contributed by atoms with van der Waals surface area (Å²) in [6, 6.07) is 9.44. The molecule has 0 saturated heterocycles. The van der Waals surface area contributed by atoms with Gasteiger partial charge in [0.2, 0.25) is 12.2 Å². The molecule has 0 aliphatic rings. The van der Waals surface area contributed by atoms with Gasteiger partial charge < -0.3 is 0 Å². The number of benzene rings is 1. The first-order chi connectivity index (χ1) is 6.22. The normalized spacial score (nSPS) is 5.13. The summed E-state index contributed by atoms with van der Waals surface area (Å²) < 4.78 is 0. The molecule has 0 bridgehead atoms. The van der Waals surface area contributed by atoms with Crippen molar-refractivity contribution in [2.75, 3.05) is 0 Å². The van der Waals surface area contributed by atoms with E-state index in [0.717, 1.165) is 17.2 Å². The van der Waals surface area contributed by atoms with Gasteiger partial charge in [-0.25, -0.2) is 20.4 Å². The lowest BCUT2D eigenvalue weighted by atomic mass is 10.4. The van der Waals surface area contributed by atoms with E-state index in [4.69, 9.17) is 32.0 Å². The zero-order chi connectivity index (χ0) is 10.5. The lowest BCUT2D eigenvalue weighted by molar-refractivity contribution is 0.562. The summed E-state index contributed by atoms with van der Waals surface area (Å²) in [6.07, 6.45) is 1.50. The average molecular weight is 231 g/mol. The number of carbonyl (C=O) groups excluding carboxylic acids is 2. The Labute approximate surface area is 94.9 Å². The minimum Gasteiger partial charge on any atom is -0.222 e. The zero-order valence-corrected chi connectivity index (χ0v) is 7.34. The third-order valence-corrected chi connectivity index (χ3v) is 0.985. The first-order valence-electron chi connectivity index (χ1n) is 3.01. The summed E-state index contributed by atoms with van der Waals surface area (Å²) in [4.78, 5) is 16.7. The van der Waals surface area contributed by atoms with Gasteiger partial charge in [-0.1, -0.05) is 44.7 Å². The standard InChI is InChI=1S/C6H5Cl.2CHNO.2CH4/c7-6-4-2-1-3-5-6;2*2-1-3;;/h1-5H;2*2H;2*1H4. The van der Waals surface area contributed by atoms with Gasteiger partial charge >= 0.3 is 0 Å². The Balaban J connectivity index is -0.0000000665. The second-order valence-corrected chi connectivity index (χ2v) is 1.94. The topological polar surface area (TPSA) is 81.8 Å². The Morgan fingerprint density at radius 1 is 0.933 bits per heavy atom. The molecule has 0 fully saturated rings. The second-order valence-electron chi connectivity index (χ2n) is 1.50. The number of rotatable bonds is 0. The minimum atomic E-state index is 0. The highest BCUT2D eigenvalue weighted by atomic mass is 35.5. The van der Waals surface area contributed by atoms with Crippen molar-refractivity contribution in [3.63, 3.8) is 0 Å². The maximum atomic E-state index is 8.35. The third-order valence-electron chi connectivity index (χ3n) is 0.733. The molecule has 1 aromatic rings. The molecule has 0 aliphatic carbocycles. The van der Waals surface area contributed by atoms with E-state index in [2.05, 4.69) is 0 Å². The fraction of sp³-hybridized carbons (Fsp3) is 0.200. The summed E-state index contributed by atoms with van der Waals surface area (Å²) in [5.41, 5.74) is 0. The van der Waals surface area contributed by atoms with Crippen molar-refractivity contribution in [2.24, 2.45) is 0 Å². The van der Waals surface area contributed by atoms with E-state index < -0.39 is 0 Å². The molecule has 0 spiro atoms. The highest BCUT2D eigenvalue weighted by Gasteiger charge is 1.74. The van der Waals surface area contributed by atoms with Crippen molar-refractivity contribution < 1.29 is 9.59 Å². The summed E-state index contributed by atoms with van der Waals surface area (Å²) in [6.45, 7) is 0. The lowest BCUT2D eigenvalue weighted by Crippen LogP contribution is -1.55. The SMILES string of the molecule is C.C.Clc1ccccc1.N=C=O.N=C=O. The van der Waals surface area contributed by atoms with Crippen LogP contribution < -0.4 is 0 Å².